The highest BCUT2D eigenvalue weighted by Gasteiger charge is 2.11. The van der Waals surface area contributed by atoms with Crippen LogP contribution in [0.1, 0.15) is 18.2 Å². The van der Waals surface area contributed by atoms with Crippen molar-refractivity contribution in [3.05, 3.63) is 35.5 Å². The molecule has 1 heterocycles. The number of anilines is 1. The lowest BCUT2D eigenvalue weighted by atomic mass is 10.1. The van der Waals surface area contributed by atoms with Gasteiger partial charge in [0.25, 0.3) is 0 Å². The Hall–Kier alpha value is -3.62. The number of H-pyrrole nitrogens is 1. The van der Waals surface area contributed by atoms with E-state index in [1.807, 2.05) is 19.1 Å². The Labute approximate surface area is 169 Å². The summed E-state index contributed by atoms with van der Waals surface area (Å²) >= 11 is 0. The summed E-state index contributed by atoms with van der Waals surface area (Å²) in [5.41, 5.74) is 9.21. The summed E-state index contributed by atoms with van der Waals surface area (Å²) in [6.45, 7) is 3.62. The SMILES string of the molecule is COc1cc(N)c(/C(C)=N/O)cc1OC.COc1cc2n[nH]c(C)c2cc1OC. The van der Waals surface area contributed by atoms with Gasteiger partial charge >= 0.3 is 0 Å². The third-order valence-electron chi connectivity index (χ3n) is 4.35. The Morgan fingerprint density at radius 1 is 0.931 bits per heavy atom. The number of aromatic nitrogens is 2. The number of aromatic amines is 1. The van der Waals surface area contributed by atoms with Gasteiger partial charge in [-0.15, -0.1) is 0 Å². The fourth-order valence-corrected chi connectivity index (χ4v) is 2.73. The van der Waals surface area contributed by atoms with Crippen LogP contribution in [0.4, 0.5) is 5.69 Å². The number of aryl methyl sites for hydroxylation is 1. The number of ether oxygens (including phenoxy) is 4. The zero-order chi connectivity index (χ0) is 21.6. The van der Waals surface area contributed by atoms with Crippen molar-refractivity contribution in [1.82, 2.24) is 10.2 Å². The number of nitrogen functional groups attached to an aromatic ring is 1. The second-order valence-corrected chi connectivity index (χ2v) is 6.05. The first-order valence-corrected chi connectivity index (χ1v) is 8.67. The van der Waals surface area contributed by atoms with Gasteiger partial charge in [0.15, 0.2) is 23.0 Å². The first-order chi connectivity index (χ1) is 13.9. The molecular weight excluding hydrogens is 376 g/mol. The molecule has 0 saturated carbocycles. The molecule has 0 atom stereocenters. The molecule has 0 spiro atoms. The van der Waals surface area contributed by atoms with Crippen LogP contribution in [0.25, 0.3) is 10.9 Å². The van der Waals surface area contributed by atoms with Gasteiger partial charge in [-0.05, 0) is 26.0 Å². The van der Waals surface area contributed by atoms with Gasteiger partial charge < -0.3 is 29.9 Å². The molecule has 0 saturated heterocycles. The van der Waals surface area contributed by atoms with Crippen LogP contribution in [-0.2, 0) is 0 Å². The largest absolute Gasteiger partial charge is 0.493 e. The Bertz CT molecular complexity index is 1010. The van der Waals surface area contributed by atoms with Crippen molar-refractivity contribution in [2.45, 2.75) is 13.8 Å². The highest BCUT2D eigenvalue weighted by Crippen LogP contribution is 2.33. The van der Waals surface area contributed by atoms with Crippen molar-refractivity contribution >= 4 is 22.3 Å². The molecule has 1 aromatic heterocycles. The van der Waals surface area contributed by atoms with Gasteiger partial charge in [-0.1, -0.05) is 5.16 Å². The van der Waals surface area contributed by atoms with Crippen LogP contribution in [-0.4, -0.2) is 49.6 Å². The average Bonchev–Trinajstić information content (AvgIpc) is 3.11. The number of nitrogens with zero attached hydrogens (tertiary/aromatic N) is 2. The first kappa shape index (κ1) is 21.7. The number of rotatable bonds is 5. The summed E-state index contributed by atoms with van der Waals surface area (Å²) < 4.78 is 20.6. The molecule has 0 aliphatic heterocycles. The fraction of sp³-hybridized carbons (Fsp3) is 0.300. The van der Waals surface area contributed by atoms with Gasteiger partial charge in [-0.3, -0.25) is 5.10 Å². The van der Waals surface area contributed by atoms with Gasteiger partial charge in [0.05, 0.1) is 39.7 Å². The number of hydrogen-bond acceptors (Lipinski definition) is 8. The van der Waals surface area contributed by atoms with Gasteiger partial charge in [-0.25, -0.2) is 0 Å². The normalized spacial score (nSPS) is 10.9. The summed E-state index contributed by atoms with van der Waals surface area (Å²) in [6.07, 6.45) is 0. The predicted octanol–water partition coefficient (Wildman–Crippen LogP) is 3.37. The number of fused-ring (bicyclic) bond motifs is 1. The zero-order valence-electron chi connectivity index (χ0n) is 17.4. The molecule has 9 heteroatoms. The van der Waals surface area contributed by atoms with E-state index in [1.165, 1.54) is 14.2 Å². The minimum atomic E-state index is 0.424. The molecule has 4 N–H and O–H groups in total. The highest BCUT2D eigenvalue weighted by atomic mass is 16.5. The first-order valence-electron chi connectivity index (χ1n) is 8.67. The van der Waals surface area contributed by atoms with E-state index < -0.39 is 0 Å². The van der Waals surface area contributed by atoms with Crippen molar-refractivity contribution in [2.75, 3.05) is 34.2 Å². The van der Waals surface area contributed by atoms with Crippen molar-refractivity contribution in [2.24, 2.45) is 5.16 Å². The molecule has 156 valence electrons. The van der Waals surface area contributed by atoms with E-state index in [0.29, 0.717) is 34.2 Å². The molecule has 0 unspecified atom stereocenters. The fourth-order valence-electron chi connectivity index (χ4n) is 2.73. The van der Waals surface area contributed by atoms with E-state index in [-0.39, 0.29) is 0 Å². The number of methoxy groups -OCH3 is 4. The maximum atomic E-state index is 8.66. The zero-order valence-corrected chi connectivity index (χ0v) is 17.4. The maximum Gasteiger partial charge on any atom is 0.162 e. The number of nitrogens with two attached hydrogens (primary N) is 1. The van der Waals surface area contributed by atoms with Crippen LogP contribution >= 0.6 is 0 Å². The number of hydrogen-bond donors (Lipinski definition) is 3. The number of oxime groups is 1. The Morgan fingerprint density at radius 3 is 2.00 bits per heavy atom. The topological polar surface area (TPSA) is 124 Å². The van der Waals surface area contributed by atoms with E-state index in [9.17, 15) is 0 Å². The Kier molecular flexibility index (Phi) is 7.13. The molecule has 9 nitrogen and oxygen atoms in total. The quantitative estimate of drug-likeness (QED) is 0.259. The van der Waals surface area contributed by atoms with Crippen LogP contribution in [0.3, 0.4) is 0 Å². The molecule has 0 aliphatic carbocycles. The van der Waals surface area contributed by atoms with Crippen molar-refractivity contribution in [1.29, 1.82) is 0 Å². The summed E-state index contributed by atoms with van der Waals surface area (Å²) in [5, 5.41) is 19.9. The van der Waals surface area contributed by atoms with Crippen LogP contribution in [0.15, 0.2) is 29.4 Å². The lowest BCUT2D eigenvalue weighted by Gasteiger charge is -2.11. The molecule has 0 bridgehead atoms. The molecule has 0 aliphatic rings. The molecule has 0 amide bonds. The molecule has 3 rings (SSSR count). The summed E-state index contributed by atoms with van der Waals surface area (Å²) in [6, 6.07) is 7.08. The lowest BCUT2D eigenvalue weighted by Crippen LogP contribution is -2.03. The summed E-state index contributed by atoms with van der Waals surface area (Å²) in [4.78, 5) is 0. The van der Waals surface area contributed by atoms with Crippen LogP contribution in [0.2, 0.25) is 0 Å². The number of benzene rings is 2. The van der Waals surface area contributed by atoms with Gasteiger partial charge in [0.1, 0.15) is 0 Å². The third kappa shape index (κ3) is 4.63. The Balaban J connectivity index is 0.000000207. The van der Waals surface area contributed by atoms with Crippen molar-refractivity contribution in [3.8, 4) is 23.0 Å². The van der Waals surface area contributed by atoms with Crippen molar-refractivity contribution in [3.63, 3.8) is 0 Å². The van der Waals surface area contributed by atoms with Crippen LogP contribution in [0, 0.1) is 6.92 Å². The van der Waals surface area contributed by atoms with E-state index in [0.717, 1.165) is 22.3 Å². The van der Waals surface area contributed by atoms with E-state index >= 15 is 0 Å². The second-order valence-electron chi connectivity index (χ2n) is 6.05. The van der Waals surface area contributed by atoms with E-state index in [1.54, 1.807) is 33.3 Å². The predicted molar refractivity (Wildman–Crippen MR) is 112 cm³/mol. The standard InChI is InChI=1S/C10H14N2O3.C10H12N2O2/c1-6(12-13)7-4-9(14-2)10(15-3)5-8(7)11;1-6-7-4-9(13-2)10(14-3)5-8(7)12-11-6/h4-5,13H,11H2,1-3H3;4-5H,1-3H3,(H,11,12)/b12-6+;. The van der Waals surface area contributed by atoms with Gasteiger partial charge in [-0.2, -0.15) is 5.10 Å². The highest BCUT2D eigenvalue weighted by molar-refractivity contribution is 6.03. The molecule has 0 radical (unpaired) electrons. The molecule has 3 aromatic rings. The third-order valence-corrected chi connectivity index (χ3v) is 4.35. The summed E-state index contributed by atoms with van der Waals surface area (Å²) in [7, 11) is 6.30. The van der Waals surface area contributed by atoms with Gasteiger partial charge in [0, 0.05) is 34.5 Å². The Morgan fingerprint density at radius 2 is 1.45 bits per heavy atom. The molecule has 29 heavy (non-hydrogen) atoms. The molecular formula is C20H26N4O5. The van der Waals surface area contributed by atoms with Crippen LogP contribution < -0.4 is 24.7 Å². The number of nitrogens with one attached hydrogen (secondary N) is 1. The monoisotopic (exact) mass is 402 g/mol. The van der Waals surface area contributed by atoms with Gasteiger partial charge in [0.2, 0.25) is 0 Å². The molecule has 0 fully saturated rings. The minimum Gasteiger partial charge on any atom is -0.493 e. The molecule has 2 aromatic carbocycles. The van der Waals surface area contributed by atoms with E-state index in [2.05, 4.69) is 15.4 Å². The smallest absolute Gasteiger partial charge is 0.162 e. The minimum absolute atomic E-state index is 0.424. The van der Waals surface area contributed by atoms with Crippen molar-refractivity contribution < 1.29 is 24.2 Å². The summed E-state index contributed by atoms with van der Waals surface area (Å²) in [5.74, 6) is 2.52. The lowest BCUT2D eigenvalue weighted by molar-refractivity contribution is 0.319. The van der Waals surface area contributed by atoms with E-state index in [4.69, 9.17) is 29.9 Å². The van der Waals surface area contributed by atoms with Crippen LogP contribution in [0.5, 0.6) is 23.0 Å². The average molecular weight is 402 g/mol. The maximum absolute atomic E-state index is 8.66. The second kappa shape index (κ2) is 9.54.